The maximum Gasteiger partial charge on any atom is 0.225 e. The molecule has 2 amide bonds. The number of hydrogen-bond acceptors (Lipinski definition) is 3. The van der Waals surface area contributed by atoms with Gasteiger partial charge in [-0.15, -0.1) is 12.4 Å². The summed E-state index contributed by atoms with van der Waals surface area (Å²) in [7, 11) is 0. The molecule has 0 aliphatic carbocycles. The molecule has 0 aromatic carbocycles. The smallest absolute Gasteiger partial charge is 0.225 e. The summed E-state index contributed by atoms with van der Waals surface area (Å²) >= 11 is 0. The Labute approximate surface area is 127 Å². The zero-order valence-corrected chi connectivity index (χ0v) is 13.4. The van der Waals surface area contributed by atoms with Gasteiger partial charge in [-0.1, -0.05) is 0 Å². The van der Waals surface area contributed by atoms with Gasteiger partial charge in [0.1, 0.15) is 0 Å². The van der Waals surface area contributed by atoms with Crippen LogP contribution in [0.15, 0.2) is 0 Å². The highest BCUT2D eigenvalue weighted by Crippen LogP contribution is 2.26. The number of halogens is 1. The SMILES string of the molecule is CC(C)(C)N1CC(C(=O)N[C@H]2CCCNC2)CC1=O.Cl. The highest BCUT2D eigenvalue weighted by Gasteiger charge is 2.39. The third kappa shape index (κ3) is 4.09. The Kier molecular flexibility index (Phi) is 5.83. The predicted molar refractivity (Wildman–Crippen MR) is 80.9 cm³/mol. The second kappa shape index (κ2) is 6.76. The molecule has 0 bridgehead atoms. The third-order valence-electron chi connectivity index (χ3n) is 3.95. The molecule has 2 heterocycles. The van der Waals surface area contributed by atoms with Crippen molar-refractivity contribution in [2.75, 3.05) is 19.6 Å². The lowest BCUT2D eigenvalue weighted by molar-refractivity contribution is -0.132. The van der Waals surface area contributed by atoms with Crippen LogP contribution in [-0.2, 0) is 9.59 Å². The Balaban J connectivity index is 0.00000200. The number of rotatable bonds is 2. The van der Waals surface area contributed by atoms with Crippen molar-refractivity contribution < 1.29 is 9.59 Å². The molecule has 20 heavy (non-hydrogen) atoms. The van der Waals surface area contributed by atoms with Crippen LogP contribution in [0.2, 0.25) is 0 Å². The maximum atomic E-state index is 12.2. The van der Waals surface area contributed by atoms with Crippen molar-refractivity contribution in [3.63, 3.8) is 0 Å². The highest BCUT2D eigenvalue weighted by atomic mass is 35.5. The van der Waals surface area contributed by atoms with Crippen molar-refractivity contribution in [1.29, 1.82) is 0 Å². The van der Waals surface area contributed by atoms with Gasteiger partial charge in [-0.05, 0) is 40.2 Å². The van der Waals surface area contributed by atoms with Crippen LogP contribution in [0.4, 0.5) is 0 Å². The van der Waals surface area contributed by atoms with Crippen LogP contribution in [0, 0.1) is 5.92 Å². The molecule has 2 fully saturated rings. The van der Waals surface area contributed by atoms with Gasteiger partial charge in [0.2, 0.25) is 11.8 Å². The standard InChI is InChI=1S/C14H25N3O2.ClH/c1-14(2,3)17-9-10(7-12(17)18)13(19)16-11-5-4-6-15-8-11;/h10-11,15H,4-9H2,1-3H3,(H,16,19);1H/t10?,11-;/m0./s1. The van der Waals surface area contributed by atoms with Gasteiger partial charge in [0, 0.05) is 31.1 Å². The zero-order valence-electron chi connectivity index (χ0n) is 12.6. The van der Waals surface area contributed by atoms with Gasteiger partial charge >= 0.3 is 0 Å². The van der Waals surface area contributed by atoms with Crippen LogP contribution < -0.4 is 10.6 Å². The molecule has 5 nitrogen and oxygen atoms in total. The Hall–Kier alpha value is -0.810. The summed E-state index contributed by atoms with van der Waals surface area (Å²) in [4.78, 5) is 26.0. The molecule has 2 atom stereocenters. The van der Waals surface area contributed by atoms with E-state index in [1.54, 1.807) is 0 Å². The number of nitrogens with zero attached hydrogens (tertiary/aromatic N) is 1. The van der Waals surface area contributed by atoms with E-state index in [1.807, 2.05) is 25.7 Å². The number of amides is 2. The molecule has 0 spiro atoms. The number of nitrogens with one attached hydrogen (secondary N) is 2. The minimum Gasteiger partial charge on any atom is -0.352 e. The summed E-state index contributed by atoms with van der Waals surface area (Å²) < 4.78 is 0. The van der Waals surface area contributed by atoms with Crippen LogP contribution in [0.3, 0.4) is 0 Å². The zero-order chi connectivity index (χ0) is 14.0. The van der Waals surface area contributed by atoms with Crippen LogP contribution in [0.5, 0.6) is 0 Å². The molecule has 2 aliphatic rings. The second-order valence-corrected chi connectivity index (χ2v) is 6.63. The average molecular weight is 304 g/mol. The molecule has 2 N–H and O–H groups in total. The average Bonchev–Trinajstić information content (AvgIpc) is 2.72. The summed E-state index contributed by atoms with van der Waals surface area (Å²) in [5, 5.41) is 6.35. The van der Waals surface area contributed by atoms with E-state index in [0.717, 1.165) is 25.9 Å². The molecule has 116 valence electrons. The summed E-state index contributed by atoms with van der Waals surface area (Å²) in [5.74, 6) is -0.0585. The Morgan fingerprint density at radius 2 is 2.10 bits per heavy atom. The van der Waals surface area contributed by atoms with Gasteiger partial charge in [0.25, 0.3) is 0 Å². The van der Waals surface area contributed by atoms with Gasteiger partial charge in [-0.3, -0.25) is 9.59 Å². The van der Waals surface area contributed by atoms with Crippen molar-refractivity contribution in [2.45, 2.75) is 51.6 Å². The van der Waals surface area contributed by atoms with Gasteiger partial charge in [0.15, 0.2) is 0 Å². The van der Waals surface area contributed by atoms with E-state index in [9.17, 15) is 9.59 Å². The van der Waals surface area contributed by atoms with Gasteiger partial charge in [-0.25, -0.2) is 0 Å². The quantitative estimate of drug-likeness (QED) is 0.797. The number of likely N-dealkylation sites (tertiary alicyclic amines) is 1. The van der Waals surface area contributed by atoms with Gasteiger partial charge in [-0.2, -0.15) is 0 Å². The molecule has 0 radical (unpaired) electrons. The van der Waals surface area contributed by atoms with E-state index in [0.29, 0.717) is 13.0 Å². The fourth-order valence-corrected chi connectivity index (χ4v) is 2.83. The summed E-state index contributed by atoms with van der Waals surface area (Å²) in [6, 6.07) is 0.222. The van der Waals surface area contributed by atoms with Gasteiger partial charge in [0.05, 0.1) is 5.92 Å². The lowest BCUT2D eigenvalue weighted by atomic mass is 10.0. The molecular formula is C14H26ClN3O2. The van der Waals surface area contributed by atoms with Crippen molar-refractivity contribution in [3.8, 4) is 0 Å². The van der Waals surface area contributed by atoms with E-state index in [1.165, 1.54) is 0 Å². The molecular weight excluding hydrogens is 278 g/mol. The number of piperidine rings is 1. The van der Waals surface area contributed by atoms with Crippen LogP contribution in [0.25, 0.3) is 0 Å². The first-order valence-corrected chi connectivity index (χ1v) is 7.19. The van der Waals surface area contributed by atoms with E-state index >= 15 is 0 Å². The fourth-order valence-electron chi connectivity index (χ4n) is 2.83. The molecule has 0 saturated carbocycles. The maximum absolute atomic E-state index is 12.2. The van der Waals surface area contributed by atoms with Crippen LogP contribution >= 0.6 is 12.4 Å². The summed E-state index contributed by atoms with van der Waals surface area (Å²) in [6.45, 7) is 8.46. The molecule has 0 aromatic rings. The number of carbonyl (C=O) groups excluding carboxylic acids is 2. The Morgan fingerprint density at radius 3 is 2.60 bits per heavy atom. The van der Waals surface area contributed by atoms with Crippen molar-refractivity contribution in [1.82, 2.24) is 15.5 Å². The summed E-state index contributed by atoms with van der Waals surface area (Å²) in [6.07, 6.45) is 2.48. The van der Waals surface area contributed by atoms with Gasteiger partial charge < -0.3 is 15.5 Å². The molecule has 2 rings (SSSR count). The first-order valence-electron chi connectivity index (χ1n) is 7.19. The van der Waals surface area contributed by atoms with E-state index in [-0.39, 0.29) is 41.7 Å². The third-order valence-corrected chi connectivity index (χ3v) is 3.95. The molecule has 1 unspecified atom stereocenters. The van der Waals surface area contributed by atoms with Crippen molar-refractivity contribution in [2.24, 2.45) is 5.92 Å². The Bertz CT molecular complexity index is 362. The molecule has 6 heteroatoms. The Morgan fingerprint density at radius 1 is 1.40 bits per heavy atom. The molecule has 2 saturated heterocycles. The highest BCUT2D eigenvalue weighted by molar-refractivity contribution is 5.89. The normalized spacial score (nSPS) is 27.1. The number of carbonyl (C=O) groups is 2. The lowest BCUT2D eigenvalue weighted by Crippen LogP contribution is -2.48. The van der Waals surface area contributed by atoms with Crippen molar-refractivity contribution in [3.05, 3.63) is 0 Å². The van der Waals surface area contributed by atoms with E-state index in [4.69, 9.17) is 0 Å². The first-order chi connectivity index (χ1) is 8.88. The first kappa shape index (κ1) is 17.2. The van der Waals surface area contributed by atoms with Crippen LogP contribution in [0.1, 0.15) is 40.0 Å². The fraction of sp³-hybridized carbons (Fsp3) is 0.857. The van der Waals surface area contributed by atoms with Crippen molar-refractivity contribution >= 4 is 24.2 Å². The summed E-state index contributed by atoms with van der Waals surface area (Å²) in [5.41, 5.74) is -0.196. The molecule has 2 aliphatic heterocycles. The van der Waals surface area contributed by atoms with E-state index in [2.05, 4.69) is 10.6 Å². The van der Waals surface area contributed by atoms with E-state index < -0.39 is 0 Å². The topological polar surface area (TPSA) is 61.4 Å². The predicted octanol–water partition coefficient (Wildman–Crippen LogP) is 0.923. The second-order valence-electron chi connectivity index (χ2n) is 6.63. The minimum absolute atomic E-state index is 0. The number of hydrogen-bond donors (Lipinski definition) is 2. The lowest BCUT2D eigenvalue weighted by Gasteiger charge is -2.32. The largest absolute Gasteiger partial charge is 0.352 e. The van der Waals surface area contributed by atoms with Crippen LogP contribution in [-0.4, -0.2) is 47.9 Å². The monoisotopic (exact) mass is 303 g/mol. The minimum atomic E-state index is -0.196. The molecule has 0 aromatic heterocycles.